The number of hydrogen-bond acceptors (Lipinski definition) is 6. The van der Waals surface area contributed by atoms with Gasteiger partial charge in [0.05, 0.1) is 6.10 Å². The van der Waals surface area contributed by atoms with Gasteiger partial charge in [-0.1, -0.05) is 0 Å². The van der Waals surface area contributed by atoms with Crippen molar-refractivity contribution in [2.24, 2.45) is 5.92 Å². The first-order valence-corrected chi connectivity index (χ1v) is 8.86. The zero-order chi connectivity index (χ0) is 17.1. The zero-order valence-electron chi connectivity index (χ0n) is 13.9. The highest BCUT2D eigenvalue weighted by Gasteiger charge is 2.35. The number of aromatic nitrogens is 2. The Hall–Kier alpha value is -1.83. The van der Waals surface area contributed by atoms with Gasteiger partial charge in [0.15, 0.2) is 0 Å². The van der Waals surface area contributed by atoms with Gasteiger partial charge in [-0.05, 0) is 38.2 Å². The topological polar surface area (TPSA) is 69.6 Å². The van der Waals surface area contributed by atoms with E-state index >= 15 is 0 Å². The number of hydrogen-bond donors (Lipinski definition) is 1. The maximum absolute atomic E-state index is 12.6. The molecular formula is C17H22N4O2S. The molecule has 3 rings (SSSR count). The molecule has 0 saturated carbocycles. The van der Waals surface area contributed by atoms with Crippen LogP contribution in [0, 0.1) is 5.92 Å². The summed E-state index contributed by atoms with van der Waals surface area (Å²) < 4.78 is 0. The van der Waals surface area contributed by atoms with Crippen LogP contribution in [0.5, 0.6) is 0 Å². The van der Waals surface area contributed by atoms with Crippen molar-refractivity contribution in [3.05, 3.63) is 46.2 Å². The summed E-state index contributed by atoms with van der Waals surface area (Å²) in [6, 6.07) is 3.90. The summed E-state index contributed by atoms with van der Waals surface area (Å²) in [5, 5.41) is 13.0. The maximum Gasteiger partial charge on any atom is 0.273 e. The lowest BCUT2D eigenvalue weighted by Gasteiger charge is -2.15. The fourth-order valence-corrected chi connectivity index (χ4v) is 3.84. The third-order valence-electron chi connectivity index (χ3n) is 4.16. The first kappa shape index (κ1) is 17.0. The van der Waals surface area contributed by atoms with Crippen molar-refractivity contribution in [3.8, 4) is 0 Å². The Morgan fingerprint density at radius 2 is 2.12 bits per heavy atom. The van der Waals surface area contributed by atoms with Crippen molar-refractivity contribution in [1.82, 2.24) is 19.8 Å². The Morgan fingerprint density at radius 1 is 1.38 bits per heavy atom. The molecule has 1 amide bonds. The Balaban J connectivity index is 1.63. The average Bonchev–Trinajstić information content (AvgIpc) is 3.15. The van der Waals surface area contributed by atoms with E-state index in [1.807, 2.05) is 36.5 Å². The largest absolute Gasteiger partial charge is 0.391 e. The number of pyridine rings is 1. The lowest BCUT2D eigenvalue weighted by atomic mass is 9.97. The van der Waals surface area contributed by atoms with Crippen LogP contribution in [-0.4, -0.2) is 64.1 Å². The fourth-order valence-electron chi connectivity index (χ4n) is 2.96. The fraction of sp³-hybridized carbons (Fsp3) is 0.471. The molecule has 2 aromatic rings. The van der Waals surface area contributed by atoms with E-state index in [9.17, 15) is 9.90 Å². The molecule has 2 atom stereocenters. The van der Waals surface area contributed by atoms with Gasteiger partial charge >= 0.3 is 0 Å². The molecule has 3 heterocycles. The third-order valence-corrected chi connectivity index (χ3v) is 5.00. The van der Waals surface area contributed by atoms with Gasteiger partial charge < -0.3 is 14.9 Å². The van der Waals surface area contributed by atoms with Crippen molar-refractivity contribution in [1.29, 1.82) is 0 Å². The molecule has 1 fully saturated rings. The van der Waals surface area contributed by atoms with E-state index in [2.05, 4.69) is 9.97 Å². The molecule has 1 aliphatic rings. The Labute approximate surface area is 145 Å². The number of β-amino-alcohol motifs (C(OH)–C–C–N with tert-alkyl or cyclic N) is 1. The van der Waals surface area contributed by atoms with Gasteiger partial charge in [0.2, 0.25) is 0 Å². The minimum absolute atomic E-state index is 0.0521. The molecule has 0 bridgehead atoms. The summed E-state index contributed by atoms with van der Waals surface area (Å²) in [5.74, 6) is -0.0382. The number of nitrogens with zero attached hydrogens (tertiary/aromatic N) is 4. The molecule has 24 heavy (non-hydrogen) atoms. The molecule has 2 aromatic heterocycles. The second-order valence-corrected chi connectivity index (χ2v) is 7.40. The standard InChI is InChI=1S/C17H22N4O2S/c1-20(2)10-16-19-14(11-24-16)17(23)21-8-13(15(22)9-21)7-12-3-5-18-6-4-12/h3-6,11,13,15,22H,7-10H2,1-2H3/t13-,15+/m1/s1. The maximum atomic E-state index is 12.6. The normalized spacial score (nSPS) is 20.8. The molecule has 1 N–H and O–H groups in total. The lowest BCUT2D eigenvalue weighted by molar-refractivity contribution is 0.0759. The Kier molecular flexibility index (Phi) is 5.23. The molecular weight excluding hydrogens is 324 g/mol. The number of carbonyl (C=O) groups is 1. The van der Waals surface area contributed by atoms with E-state index in [0.29, 0.717) is 18.8 Å². The van der Waals surface area contributed by atoms with E-state index in [1.54, 1.807) is 17.3 Å². The molecule has 6 nitrogen and oxygen atoms in total. The highest BCUT2D eigenvalue weighted by Crippen LogP contribution is 2.23. The van der Waals surface area contributed by atoms with Crippen molar-refractivity contribution in [2.75, 3.05) is 27.2 Å². The number of aliphatic hydroxyl groups excluding tert-OH is 1. The highest BCUT2D eigenvalue weighted by atomic mass is 32.1. The van der Waals surface area contributed by atoms with E-state index in [-0.39, 0.29) is 11.8 Å². The predicted octanol–water partition coefficient (Wildman–Crippen LogP) is 1.28. The van der Waals surface area contributed by atoms with Gasteiger partial charge in [-0.2, -0.15) is 0 Å². The summed E-state index contributed by atoms with van der Waals surface area (Å²) in [6.45, 7) is 1.66. The SMILES string of the molecule is CN(C)Cc1nc(C(=O)N2C[C@@H](Cc3ccncc3)[C@@H](O)C2)cs1. The summed E-state index contributed by atoms with van der Waals surface area (Å²) in [6.07, 6.45) is 3.75. The van der Waals surface area contributed by atoms with Crippen molar-refractivity contribution in [2.45, 2.75) is 19.1 Å². The van der Waals surface area contributed by atoms with Crippen LogP contribution in [0.25, 0.3) is 0 Å². The van der Waals surface area contributed by atoms with Crippen LogP contribution in [-0.2, 0) is 13.0 Å². The molecule has 0 aliphatic carbocycles. The van der Waals surface area contributed by atoms with Crippen LogP contribution in [0.1, 0.15) is 21.1 Å². The molecule has 1 aliphatic heterocycles. The number of likely N-dealkylation sites (tertiary alicyclic amines) is 1. The molecule has 1 saturated heterocycles. The average molecular weight is 346 g/mol. The van der Waals surface area contributed by atoms with E-state index in [4.69, 9.17) is 0 Å². The van der Waals surface area contributed by atoms with Crippen LogP contribution in [0.3, 0.4) is 0 Å². The predicted molar refractivity (Wildman–Crippen MR) is 92.8 cm³/mol. The van der Waals surface area contributed by atoms with Crippen LogP contribution in [0.2, 0.25) is 0 Å². The number of thiazole rings is 1. The van der Waals surface area contributed by atoms with Crippen molar-refractivity contribution < 1.29 is 9.90 Å². The second kappa shape index (κ2) is 7.38. The number of aliphatic hydroxyl groups is 1. The van der Waals surface area contributed by atoms with Crippen LogP contribution >= 0.6 is 11.3 Å². The van der Waals surface area contributed by atoms with Crippen LogP contribution in [0.15, 0.2) is 29.9 Å². The summed E-state index contributed by atoms with van der Waals surface area (Å²) in [7, 11) is 3.95. The highest BCUT2D eigenvalue weighted by molar-refractivity contribution is 7.09. The van der Waals surface area contributed by atoms with Gasteiger partial charge in [-0.15, -0.1) is 11.3 Å². The minimum Gasteiger partial charge on any atom is -0.391 e. The van der Waals surface area contributed by atoms with Gasteiger partial charge in [0, 0.05) is 43.3 Å². The smallest absolute Gasteiger partial charge is 0.273 e. The molecule has 0 unspecified atom stereocenters. The molecule has 0 spiro atoms. The second-order valence-electron chi connectivity index (χ2n) is 6.46. The summed E-state index contributed by atoms with van der Waals surface area (Å²) in [5.41, 5.74) is 1.61. The van der Waals surface area contributed by atoms with Crippen LogP contribution < -0.4 is 0 Å². The van der Waals surface area contributed by atoms with Gasteiger partial charge in [0.1, 0.15) is 10.7 Å². The first-order chi connectivity index (χ1) is 11.5. The Bertz CT molecular complexity index is 689. The first-order valence-electron chi connectivity index (χ1n) is 7.98. The minimum atomic E-state index is -0.498. The van der Waals surface area contributed by atoms with Gasteiger partial charge in [0.25, 0.3) is 5.91 Å². The number of amides is 1. The number of carbonyl (C=O) groups excluding carboxylic acids is 1. The van der Waals surface area contributed by atoms with Crippen LogP contribution in [0.4, 0.5) is 0 Å². The van der Waals surface area contributed by atoms with E-state index in [1.165, 1.54) is 11.3 Å². The Morgan fingerprint density at radius 3 is 2.83 bits per heavy atom. The number of rotatable bonds is 5. The molecule has 0 radical (unpaired) electrons. The lowest BCUT2D eigenvalue weighted by Crippen LogP contribution is -2.30. The quantitative estimate of drug-likeness (QED) is 0.883. The third kappa shape index (κ3) is 3.98. The van der Waals surface area contributed by atoms with Gasteiger partial charge in [-0.3, -0.25) is 9.78 Å². The summed E-state index contributed by atoms with van der Waals surface area (Å²) >= 11 is 1.50. The molecule has 7 heteroatoms. The monoisotopic (exact) mass is 346 g/mol. The van der Waals surface area contributed by atoms with E-state index < -0.39 is 6.10 Å². The zero-order valence-corrected chi connectivity index (χ0v) is 14.7. The summed E-state index contributed by atoms with van der Waals surface area (Å²) in [4.78, 5) is 24.8. The van der Waals surface area contributed by atoms with E-state index in [0.717, 1.165) is 23.5 Å². The van der Waals surface area contributed by atoms with Gasteiger partial charge in [-0.25, -0.2) is 4.98 Å². The van der Waals surface area contributed by atoms with Crippen molar-refractivity contribution >= 4 is 17.2 Å². The molecule has 0 aromatic carbocycles. The van der Waals surface area contributed by atoms with Crippen molar-refractivity contribution in [3.63, 3.8) is 0 Å². The molecule has 128 valence electrons.